The Bertz CT molecular complexity index is 1470. The molecule has 0 unspecified atom stereocenters. The number of aromatic nitrogens is 2. The third-order valence-corrected chi connectivity index (χ3v) is 8.47. The Balaban J connectivity index is 1.36. The van der Waals surface area contributed by atoms with Crippen molar-refractivity contribution in [1.82, 2.24) is 19.6 Å². The van der Waals surface area contributed by atoms with Crippen LogP contribution in [0, 0.1) is 0 Å². The van der Waals surface area contributed by atoms with E-state index in [1.165, 1.54) is 28.6 Å². The van der Waals surface area contributed by atoms with Crippen molar-refractivity contribution in [2.24, 2.45) is 5.73 Å². The first-order chi connectivity index (χ1) is 19.5. The van der Waals surface area contributed by atoms with E-state index in [2.05, 4.69) is 20.6 Å². The second-order valence-corrected chi connectivity index (χ2v) is 11.6. The maximum atomic E-state index is 13.2. The van der Waals surface area contributed by atoms with E-state index in [4.69, 9.17) is 17.3 Å². The number of hydrogen-bond donors (Lipinski definition) is 3. The number of benzene rings is 1. The van der Waals surface area contributed by atoms with Gasteiger partial charge in [0.2, 0.25) is 10.0 Å². The average Bonchev–Trinajstić information content (AvgIpc) is 2.95. The van der Waals surface area contributed by atoms with Crippen LogP contribution in [0.1, 0.15) is 28.0 Å². The number of halogens is 4. The predicted molar refractivity (Wildman–Crippen MR) is 149 cm³/mol. The van der Waals surface area contributed by atoms with Crippen molar-refractivity contribution in [3.05, 3.63) is 76.7 Å². The molecule has 15 heteroatoms. The van der Waals surface area contributed by atoms with Crippen LogP contribution in [0.4, 0.5) is 24.7 Å². The third-order valence-electron chi connectivity index (χ3n) is 6.36. The van der Waals surface area contributed by atoms with Crippen LogP contribution in [0.5, 0.6) is 0 Å². The normalized spacial score (nSPS) is 14.7. The van der Waals surface area contributed by atoms with Gasteiger partial charge in [0.1, 0.15) is 16.7 Å². The summed E-state index contributed by atoms with van der Waals surface area (Å²) < 4.78 is 67.1. The quantitative estimate of drug-likeness (QED) is 0.235. The lowest BCUT2D eigenvalue weighted by atomic mass is 10.2. The number of alkyl halides is 3. The number of carbonyl (C=O) groups is 1. The summed E-state index contributed by atoms with van der Waals surface area (Å²) in [5.41, 5.74) is 6.05. The van der Waals surface area contributed by atoms with Gasteiger partial charge in [-0.25, -0.2) is 13.4 Å². The maximum Gasteiger partial charge on any atom is 0.416 e. The molecule has 0 bridgehead atoms. The highest BCUT2D eigenvalue weighted by Crippen LogP contribution is 2.33. The van der Waals surface area contributed by atoms with Gasteiger partial charge in [-0.1, -0.05) is 11.6 Å². The molecular formula is C26H29ClF3N7O3S. The van der Waals surface area contributed by atoms with Crippen LogP contribution in [-0.4, -0.2) is 67.9 Å². The number of carbonyl (C=O) groups excluding carboxylic acids is 1. The summed E-state index contributed by atoms with van der Waals surface area (Å²) in [5, 5.41) is 5.65. The van der Waals surface area contributed by atoms with Gasteiger partial charge in [-0.15, -0.1) is 0 Å². The maximum absolute atomic E-state index is 13.2. The molecule has 0 spiro atoms. The molecule has 2 aromatic heterocycles. The summed E-state index contributed by atoms with van der Waals surface area (Å²) in [5.74, 6) is -0.409. The molecule has 1 aliphatic heterocycles. The minimum absolute atomic E-state index is 0.0212. The van der Waals surface area contributed by atoms with Crippen LogP contribution in [-0.2, 0) is 22.7 Å². The zero-order valence-corrected chi connectivity index (χ0v) is 23.4. The molecule has 41 heavy (non-hydrogen) atoms. The van der Waals surface area contributed by atoms with E-state index in [1.54, 1.807) is 23.2 Å². The van der Waals surface area contributed by atoms with E-state index < -0.39 is 27.7 Å². The van der Waals surface area contributed by atoms with Crippen molar-refractivity contribution >= 4 is 39.0 Å². The molecule has 1 fully saturated rings. The first-order valence-corrected chi connectivity index (χ1v) is 14.6. The molecule has 1 saturated heterocycles. The highest BCUT2D eigenvalue weighted by atomic mass is 35.5. The topological polar surface area (TPSA) is 134 Å². The van der Waals surface area contributed by atoms with E-state index in [-0.39, 0.29) is 47.7 Å². The number of rotatable bonds is 10. The first kappa shape index (κ1) is 30.7. The van der Waals surface area contributed by atoms with Gasteiger partial charge >= 0.3 is 6.18 Å². The fourth-order valence-electron chi connectivity index (χ4n) is 4.19. The van der Waals surface area contributed by atoms with Gasteiger partial charge < -0.3 is 21.3 Å². The van der Waals surface area contributed by atoms with Gasteiger partial charge in [0.15, 0.2) is 0 Å². The minimum Gasteiger partial charge on any atom is -0.354 e. The summed E-state index contributed by atoms with van der Waals surface area (Å²) >= 11 is 5.79. The molecule has 220 valence electrons. The van der Waals surface area contributed by atoms with Gasteiger partial charge in [-0.3, -0.25) is 9.78 Å². The van der Waals surface area contributed by atoms with E-state index in [0.29, 0.717) is 18.8 Å². The average molecular weight is 612 g/mol. The van der Waals surface area contributed by atoms with Gasteiger partial charge in [-0.2, -0.15) is 17.5 Å². The minimum atomic E-state index is -4.58. The molecule has 0 radical (unpaired) electrons. The highest BCUT2D eigenvalue weighted by Gasteiger charge is 2.33. The zero-order valence-electron chi connectivity index (χ0n) is 21.9. The lowest BCUT2D eigenvalue weighted by molar-refractivity contribution is -0.137. The number of hydrogen-bond acceptors (Lipinski definition) is 8. The number of nitrogens with zero attached hydrogens (tertiary/aromatic N) is 4. The monoisotopic (exact) mass is 611 g/mol. The van der Waals surface area contributed by atoms with Gasteiger partial charge in [0.05, 0.1) is 10.5 Å². The number of piperazine rings is 1. The summed E-state index contributed by atoms with van der Waals surface area (Å²) in [6.45, 7) is 2.25. The molecule has 10 nitrogen and oxygen atoms in total. The second kappa shape index (κ2) is 13.1. The SMILES string of the molecule is NCCCNCc1ccnc(C(=O)Nc2ccc(S(=O)(=O)N3CCN(c4cc(C(F)(F)F)cc(Cl)n4)CC3)cc2)c1. The van der Waals surface area contributed by atoms with E-state index in [9.17, 15) is 26.4 Å². The fourth-order valence-corrected chi connectivity index (χ4v) is 5.82. The van der Waals surface area contributed by atoms with Gasteiger partial charge in [0, 0.05) is 44.6 Å². The Morgan fingerprint density at radius 2 is 1.76 bits per heavy atom. The van der Waals surface area contributed by atoms with Crippen molar-refractivity contribution in [2.45, 2.75) is 24.0 Å². The molecule has 1 aliphatic rings. The van der Waals surface area contributed by atoms with Crippen LogP contribution in [0.2, 0.25) is 5.15 Å². The number of nitrogens with one attached hydrogen (secondary N) is 2. The molecule has 3 aromatic rings. The van der Waals surface area contributed by atoms with Crippen LogP contribution in [0.15, 0.2) is 59.6 Å². The number of anilines is 2. The van der Waals surface area contributed by atoms with Crippen LogP contribution >= 0.6 is 11.6 Å². The molecule has 0 aliphatic carbocycles. The molecule has 4 N–H and O–H groups in total. The molecule has 1 amide bonds. The van der Waals surface area contributed by atoms with Crippen molar-refractivity contribution in [2.75, 3.05) is 49.5 Å². The third kappa shape index (κ3) is 7.92. The summed E-state index contributed by atoms with van der Waals surface area (Å²) in [6.07, 6.45) is -2.20. The van der Waals surface area contributed by atoms with Crippen LogP contribution < -0.4 is 21.3 Å². The predicted octanol–water partition coefficient (Wildman–Crippen LogP) is 3.35. The van der Waals surface area contributed by atoms with Crippen molar-refractivity contribution in [3.8, 4) is 0 Å². The van der Waals surface area contributed by atoms with E-state index in [1.807, 2.05) is 0 Å². The second-order valence-electron chi connectivity index (χ2n) is 9.27. The Labute approximate surface area is 240 Å². The standard InChI is InChI=1S/C26H29ClF3N7O3S/c27-23-15-19(26(28,29)30)16-24(35-23)36-10-12-37(13-11-36)41(39,40)21-4-2-20(3-5-21)34-25(38)22-14-18(6-9-33-22)17-32-8-1-7-31/h2-6,9,14-16,32H,1,7-8,10-13,17,31H2,(H,34,38). The number of pyridine rings is 2. The molecule has 0 atom stereocenters. The molecule has 4 rings (SSSR count). The summed E-state index contributed by atoms with van der Waals surface area (Å²) in [7, 11) is -3.88. The lowest BCUT2D eigenvalue weighted by Crippen LogP contribution is -2.49. The van der Waals surface area contributed by atoms with E-state index in [0.717, 1.165) is 30.7 Å². The van der Waals surface area contributed by atoms with Crippen molar-refractivity contribution in [3.63, 3.8) is 0 Å². The molecule has 3 heterocycles. The summed E-state index contributed by atoms with van der Waals surface area (Å²) in [4.78, 5) is 22.4. The molecule has 0 saturated carbocycles. The first-order valence-electron chi connectivity index (χ1n) is 12.7. The van der Waals surface area contributed by atoms with Crippen molar-refractivity contribution in [1.29, 1.82) is 0 Å². The Morgan fingerprint density at radius 3 is 2.41 bits per heavy atom. The number of nitrogens with two attached hydrogens (primary N) is 1. The Hall–Kier alpha value is -3.30. The van der Waals surface area contributed by atoms with Gasteiger partial charge in [-0.05, 0) is 73.6 Å². The largest absolute Gasteiger partial charge is 0.416 e. The molecular weight excluding hydrogens is 583 g/mol. The lowest BCUT2D eigenvalue weighted by Gasteiger charge is -2.35. The van der Waals surface area contributed by atoms with E-state index >= 15 is 0 Å². The molecule has 1 aromatic carbocycles. The van der Waals surface area contributed by atoms with Crippen molar-refractivity contribution < 1.29 is 26.4 Å². The Kier molecular flexibility index (Phi) is 9.81. The fraction of sp³-hybridized carbons (Fsp3) is 0.346. The zero-order chi connectivity index (χ0) is 29.6. The summed E-state index contributed by atoms with van der Waals surface area (Å²) in [6, 6.07) is 10.8. The smallest absolute Gasteiger partial charge is 0.354 e. The number of amides is 1. The van der Waals surface area contributed by atoms with Crippen LogP contribution in [0.3, 0.4) is 0 Å². The number of sulfonamides is 1. The Morgan fingerprint density at radius 1 is 1.05 bits per heavy atom. The van der Waals surface area contributed by atoms with Crippen LogP contribution in [0.25, 0.3) is 0 Å². The highest BCUT2D eigenvalue weighted by molar-refractivity contribution is 7.89. The van der Waals surface area contributed by atoms with Gasteiger partial charge in [0.25, 0.3) is 5.91 Å².